The molecule has 0 aromatic carbocycles. The Morgan fingerprint density at radius 3 is 2.50 bits per heavy atom. The predicted molar refractivity (Wildman–Crippen MR) is 77.4 cm³/mol. The van der Waals surface area contributed by atoms with Crippen molar-refractivity contribution in [1.29, 1.82) is 0 Å². The maximum absolute atomic E-state index is 4.09. The Labute approximate surface area is 106 Å². The first-order valence-electron chi connectivity index (χ1n) is 6.42. The van der Waals surface area contributed by atoms with Crippen molar-refractivity contribution >= 4 is 11.8 Å². The Balaban J connectivity index is 3.33. The van der Waals surface area contributed by atoms with Gasteiger partial charge in [0.05, 0.1) is 0 Å². The molecule has 0 aromatic rings. The first-order valence-corrected chi connectivity index (χ1v) is 7.57. The normalized spacial score (nSPS) is 11.0. The van der Waals surface area contributed by atoms with E-state index >= 15 is 0 Å². The fraction of sp³-hybridized carbons (Fsp3) is 0.846. The highest BCUT2D eigenvalue weighted by Gasteiger charge is 1.99. The average Bonchev–Trinajstić information content (AvgIpc) is 2.30. The molecule has 1 N–H and O–H groups in total. The zero-order valence-electron chi connectivity index (χ0n) is 11.2. The van der Waals surface area contributed by atoms with Gasteiger partial charge in [0.15, 0.2) is 0 Å². The fourth-order valence-electron chi connectivity index (χ4n) is 1.44. The largest absolute Gasteiger partial charge is 0.313 e. The molecule has 3 heteroatoms. The second-order valence-electron chi connectivity index (χ2n) is 4.01. The lowest BCUT2D eigenvalue weighted by atomic mass is 10.3. The molecule has 0 atom stereocenters. The van der Waals surface area contributed by atoms with E-state index < -0.39 is 0 Å². The van der Waals surface area contributed by atoms with Gasteiger partial charge in [0.1, 0.15) is 0 Å². The highest BCUT2D eigenvalue weighted by Crippen LogP contribution is 2.06. The van der Waals surface area contributed by atoms with Gasteiger partial charge in [0.25, 0.3) is 0 Å². The van der Waals surface area contributed by atoms with E-state index in [0.29, 0.717) is 0 Å². The van der Waals surface area contributed by atoms with Crippen LogP contribution in [0.2, 0.25) is 0 Å². The summed E-state index contributed by atoms with van der Waals surface area (Å²) in [6.07, 6.45) is 1.20. The Hall–Kier alpha value is 0.01000. The zero-order chi connectivity index (χ0) is 12.2. The number of rotatable bonds is 11. The lowest BCUT2D eigenvalue weighted by Crippen LogP contribution is -2.25. The standard InChI is InChI=1S/C13H28N2S/c1-5-8-14-11-13(4)12-16-10-9-15(6-2)7-3/h14H,4-12H2,1-3H3. The minimum Gasteiger partial charge on any atom is -0.313 e. The van der Waals surface area contributed by atoms with Gasteiger partial charge in [-0.25, -0.2) is 0 Å². The molecule has 0 fully saturated rings. The van der Waals surface area contributed by atoms with Gasteiger partial charge in [-0.15, -0.1) is 0 Å². The Kier molecular flexibility index (Phi) is 11.5. The molecule has 0 aromatic heterocycles. The second kappa shape index (κ2) is 11.5. The van der Waals surface area contributed by atoms with Crippen molar-refractivity contribution in [3.05, 3.63) is 12.2 Å². The van der Waals surface area contributed by atoms with Crippen molar-refractivity contribution in [3.63, 3.8) is 0 Å². The average molecular weight is 244 g/mol. The number of nitrogens with one attached hydrogen (secondary N) is 1. The van der Waals surface area contributed by atoms with Crippen molar-refractivity contribution in [2.24, 2.45) is 0 Å². The Bertz CT molecular complexity index is 167. The van der Waals surface area contributed by atoms with E-state index in [2.05, 4.69) is 37.6 Å². The number of hydrogen-bond donors (Lipinski definition) is 1. The summed E-state index contributed by atoms with van der Waals surface area (Å²) in [6.45, 7) is 16.3. The molecule has 0 radical (unpaired) electrons. The highest BCUT2D eigenvalue weighted by atomic mass is 32.2. The van der Waals surface area contributed by atoms with Crippen LogP contribution in [0.3, 0.4) is 0 Å². The van der Waals surface area contributed by atoms with Crippen LogP contribution in [-0.2, 0) is 0 Å². The van der Waals surface area contributed by atoms with Crippen LogP contribution in [-0.4, -0.2) is 49.1 Å². The molecule has 0 amide bonds. The van der Waals surface area contributed by atoms with Gasteiger partial charge in [-0.05, 0) is 26.1 Å². The van der Waals surface area contributed by atoms with Crippen molar-refractivity contribution in [3.8, 4) is 0 Å². The van der Waals surface area contributed by atoms with Gasteiger partial charge in [0.2, 0.25) is 0 Å². The molecule has 0 unspecified atom stereocenters. The van der Waals surface area contributed by atoms with Crippen molar-refractivity contribution in [1.82, 2.24) is 10.2 Å². The van der Waals surface area contributed by atoms with Gasteiger partial charge in [-0.1, -0.05) is 32.9 Å². The number of hydrogen-bond acceptors (Lipinski definition) is 3. The molecule has 0 spiro atoms. The summed E-state index contributed by atoms with van der Waals surface area (Å²) in [5, 5.41) is 3.38. The maximum atomic E-state index is 4.09. The lowest BCUT2D eigenvalue weighted by Gasteiger charge is -2.17. The Morgan fingerprint density at radius 1 is 1.25 bits per heavy atom. The first-order chi connectivity index (χ1) is 7.74. The predicted octanol–water partition coefficient (Wildman–Crippen LogP) is 2.62. The minimum absolute atomic E-state index is 0.978. The van der Waals surface area contributed by atoms with Gasteiger partial charge in [-0.2, -0.15) is 11.8 Å². The number of nitrogens with zero attached hydrogens (tertiary/aromatic N) is 1. The second-order valence-corrected chi connectivity index (χ2v) is 5.11. The van der Waals surface area contributed by atoms with Gasteiger partial charge in [0, 0.05) is 24.6 Å². The third-order valence-electron chi connectivity index (χ3n) is 2.55. The molecule has 0 heterocycles. The van der Waals surface area contributed by atoms with Crippen molar-refractivity contribution < 1.29 is 0 Å². The first kappa shape index (κ1) is 16.0. The van der Waals surface area contributed by atoms with E-state index in [-0.39, 0.29) is 0 Å². The molecule has 2 nitrogen and oxygen atoms in total. The highest BCUT2D eigenvalue weighted by molar-refractivity contribution is 7.99. The fourth-order valence-corrected chi connectivity index (χ4v) is 2.37. The van der Waals surface area contributed by atoms with E-state index in [1.807, 2.05) is 11.8 Å². The van der Waals surface area contributed by atoms with Gasteiger partial charge in [-0.3, -0.25) is 0 Å². The minimum atomic E-state index is 0.978. The zero-order valence-corrected chi connectivity index (χ0v) is 12.0. The molecule has 0 saturated heterocycles. The molecule has 0 aliphatic heterocycles. The maximum Gasteiger partial charge on any atom is 0.0170 e. The van der Waals surface area contributed by atoms with E-state index in [9.17, 15) is 0 Å². The van der Waals surface area contributed by atoms with E-state index in [4.69, 9.17) is 0 Å². The molecule has 16 heavy (non-hydrogen) atoms. The molecule has 0 saturated carbocycles. The van der Waals surface area contributed by atoms with Crippen molar-refractivity contribution in [2.45, 2.75) is 27.2 Å². The third kappa shape index (κ3) is 9.25. The van der Waals surface area contributed by atoms with Crippen LogP contribution in [0, 0.1) is 0 Å². The lowest BCUT2D eigenvalue weighted by molar-refractivity contribution is 0.324. The molecule has 0 bridgehead atoms. The van der Waals surface area contributed by atoms with Crippen LogP contribution < -0.4 is 5.32 Å². The topological polar surface area (TPSA) is 15.3 Å². The summed E-state index contributed by atoms with van der Waals surface area (Å²) in [4.78, 5) is 2.46. The molecular formula is C13H28N2S. The third-order valence-corrected chi connectivity index (χ3v) is 3.64. The van der Waals surface area contributed by atoms with Crippen LogP contribution in [0.25, 0.3) is 0 Å². The molecule has 0 aliphatic carbocycles. The molecule has 0 rings (SSSR count). The van der Waals surface area contributed by atoms with E-state index in [0.717, 1.165) is 31.9 Å². The molecule has 96 valence electrons. The van der Waals surface area contributed by atoms with E-state index in [1.54, 1.807) is 0 Å². The molecular weight excluding hydrogens is 216 g/mol. The summed E-state index contributed by atoms with van der Waals surface area (Å²) in [5.41, 5.74) is 1.32. The quantitative estimate of drug-likeness (QED) is 0.444. The summed E-state index contributed by atoms with van der Waals surface area (Å²) < 4.78 is 0. The van der Waals surface area contributed by atoms with Crippen LogP contribution in [0.15, 0.2) is 12.2 Å². The summed E-state index contributed by atoms with van der Waals surface area (Å²) in [6, 6.07) is 0. The van der Waals surface area contributed by atoms with Gasteiger partial charge >= 0.3 is 0 Å². The number of thioether (sulfide) groups is 1. The van der Waals surface area contributed by atoms with Crippen molar-refractivity contribution in [2.75, 3.05) is 44.2 Å². The summed E-state index contributed by atoms with van der Waals surface area (Å²) in [7, 11) is 0. The van der Waals surface area contributed by atoms with Crippen LogP contribution >= 0.6 is 11.8 Å². The van der Waals surface area contributed by atoms with E-state index in [1.165, 1.54) is 24.3 Å². The summed E-state index contributed by atoms with van der Waals surface area (Å²) in [5.74, 6) is 2.31. The van der Waals surface area contributed by atoms with Gasteiger partial charge < -0.3 is 10.2 Å². The summed E-state index contributed by atoms with van der Waals surface area (Å²) >= 11 is 2.00. The van der Waals surface area contributed by atoms with Crippen LogP contribution in [0.1, 0.15) is 27.2 Å². The monoisotopic (exact) mass is 244 g/mol. The SMILES string of the molecule is C=C(CNCCC)CSCCN(CC)CC. The molecule has 0 aliphatic rings. The smallest absolute Gasteiger partial charge is 0.0170 e. The van der Waals surface area contributed by atoms with Crippen LogP contribution in [0.5, 0.6) is 0 Å². The van der Waals surface area contributed by atoms with Crippen LogP contribution in [0.4, 0.5) is 0 Å². The Morgan fingerprint density at radius 2 is 1.94 bits per heavy atom.